The SMILES string of the molecule is Cc1ccc(NC(=O)Cc2ccc(F)cc2)cc1NC(=O)CCN. The molecular weight excluding hydrogens is 309 g/mol. The molecule has 5 nitrogen and oxygen atoms in total. The van der Waals surface area contributed by atoms with E-state index in [4.69, 9.17) is 5.73 Å². The number of anilines is 2. The van der Waals surface area contributed by atoms with Crippen molar-refractivity contribution in [3.63, 3.8) is 0 Å². The van der Waals surface area contributed by atoms with E-state index in [-0.39, 0.29) is 37.0 Å². The van der Waals surface area contributed by atoms with E-state index in [2.05, 4.69) is 10.6 Å². The zero-order valence-electron chi connectivity index (χ0n) is 13.4. The van der Waals surface area contributed by atoms with Gasteiger partial charge in [-0.25, -0.2) is 4.39 Å². The molecule has 0 bridgehead atoms. The predicted molar refractivity (Wildman–Crippen MR) is 92.2 cm³/mol. The number of rotatable bonds is 6. The average molecular weight is 329 g/mol. The van der Waals surface area contributed by atoms with Crippen molar-refractivity contribution >= 4 is 23.2 Å². The molecule has 2 aromatic rings. The van der Waals surface area contributed by atoms with Crippen molar-refractivity contribution in [1.29, 1.82) is 0 Å². The summed E-state index contributed by atoms with van der Waals surface area (Å²) in [7, 11) is 0. The zero-order chi connectivity index (χ0) is 17.5. The molecule has 126 valence electrons. The van der Waals surface area contributed by atoms with Crippen LogP contribution in [0.15, 0.2) is 42.5 Å². The number of halogens is 1. The maximum Gasteiger partial charge on any atom is 0.228 e. The van der Waals surface area contributed by atoms with Crippen LogP contribution in [-0.4, -0.2) is 18.4 Å². The Labute approximate surface area is 140 Å². The van der Waals surface area contributed by atoms with Crippen LogP contribution in [-0.2, 0) is 16.0 Å². The molecule has 0 fully saturated rings. The fraction of sp³-hybridized carbons (Fsp3) is 0.222. The number of hydrogen-bond acceptors (Lipinski definition) is 3. The summed E-state index contributed by atoms with van der Waals surface area (Å²) in [6.45, 7) is 2.14. The average Bonchev–Trinajstić information content (AvgIpc) is 2.53. The number of amides is 2. The molecule has 0 atom stereocenters. The van der Waals surface area contributed by atoms with Gasteiger partial charge in [0, 0.05) is 24.3 Å². The van der Waals surface area contributed by atoms with Crippen molar-refractivity contribution in [3.05, 3.63) is 59.4 Å². The summed E-state index contributed by atoms with van der Waals surface area (Å²) < 4.78 is 12.9. The molecule has 0 saturated carbocycles. The first-order valence-electron chi connectivity index (χ1n) is 7.63. The molecule has 0 radical (unpaired) electrons. The van der Waals surface area contributed by atoms with Crippen LogP contribution in [0.1, 0.15) is 17.5 Å². The highest BCUT2D eigenvalue weighted by molar-refractivity contribution is 5.95. The molecule has 0 aliphatic carbocycles. The van der Waals surface area contributed by atoms with E-state index < -0.39 is 0 Å². The maximum atomic E-state index is 12.9. The third kappa shape index (κ3) is 5.17. The van der Waals surface area contributed by atoms with Gasteiger partial charge < -0.3 is 16.4 Å². The van der Waals surface area contributed by atoms with Gasteiger partial charge in [0.1, 0.15) is 5.82 Å². The Kier molecular flexibility index (Phi) is 6.03. The molecule has 6 heteroatoms. The summed E-state index contributed by atoms with van der Waals surface area (Å²) in [5.74, 6) is -0.726. The van der Waals surface area contributed by atoms with Gasteiger partial charge in [-0.1, -0.05) is 18.2 Å². The number of carbonyl (C=O) groups is 2. The van der Waals surface area contributed by atoms with E-state index in [1.807, 2.05) is 13.0 Å². The van der Waals surface area contributed by atoms with Crippen LogP contribution < -0.4 is 16.4 Å². The van der Waals surface area contributed by atoms with E-state index in [0.29, 0.717) is 11.4 Å². The van der Waals surface area contributed by atoms with Crippen molar-refractivity contribution in [3.8, 4) is 0 Å². The number of carbonyl (C=O) groups excluding carboxylic acids is 2. The second-order valence-electron chi connectivity index (χ2n) is 5.47. The van der Waals surface area contributed by atoms with Crippen molar-refractivity contribution in [1.82, 2.24) is 0 Å². The molecule has 0 aliphatic rings. The number of aryl methyl sites for hydroxylation is 1. The molecular formula is C18H20FN3O2. The minimum absolute atomic E-state index is 0.142. The molecule has 2 amide bonds. The molecule has 0 aliphatic heterocycles. The van der Waals surface area contributed by atoms with Crippen LogP contribution in [0.2, 0.25) is 0 Å². The van der Waals surface area contributed by atoms with Crippen LogP contribution in [0.5, 0.6) is 0 Å². The first kappa shape index (κ1) is 17.6. The molecule has 24 heavy (non-hydrogen) atoms. The number of nitrogens with two attached hydrogens (primary N) is 1. The van der Waals surface area contributed by atoms with Gasteiger partial charge in [0.2, 0.25) is 11.8 Å². The largest absolute Gasteiger partial charge is 0.330 e. The summed E-state index contributed by atoms with van der Waals surface area (Å²) in [5, 5.41) is 5.54. The highest BCUT2D eigenvalue weighted by atomic mass is 19.1. The van der Waals surface area contributed by atoms with Crippen molar-refractivity contribution in [2.24, 2.45) is 5.73 Å². The van der Waals surface area contributed by atoms with Crippen LogP contribution in [0, 0.1) is 12.7 Å². The van der Waals surface area contributed by atoms with Gasteiger partial charge in [-0.05, 0) is 42.3 Å². The van der Waals surface area contributed by atoms with Crippen molar-refractivity contribution in [2.45, 2.75) is 19.8 Å². The first-order chi connectivity index (χ1) is 11.5. The van der Waals surface area contributed by atoms with Crippen molar-refractivity contribution in [2.75, 3.05) is 17.2 Å². The molecule has 2 aromatic carbocycles. The lowest BCUT2D eigenvalue weighted by molar-refractivity contribution is -0.116. The smallest absolute Gasteiger partial charge is 0.228 e. The molecule has 2 rings (SSSR count). The predicted octanol–water partition coefficient (Wildman–Crippen LogP) is 2.60. The van der Waals surface area contributed by atoms with Gasteiger partial charge in [-0.2, -0.15) is 0 Å². The Morgan fingerprint density at radius 2 is 1.75 bits per heavy atom. The Balaban J connectivity index is 2.02. The van der Waals surface area contributed by atoms with Gasteiger partial charge in [0.25, 0.3) is 0 Å². The van der Waals surface area contributed by atoms with E-state index in [1.54, 1.807) is 24.3 Å². The minimum Gasteiger partial charge on any atom is -0.330 e. The summed E-state index contributed by atoms with van der Waals surface area (Å²) >= 11 is 0. The second-order valence-corrected chi connectivity index (χ2v) is 5.47. The maximum absolute atomic E-state index is 12.9. The normalized spacial score (nSPS) is 10.3. The molecule has 0 saturated heterocycles. The highest BCUT2D eigenvalue weighted by Gasteiger charge is 2.08. The van der Waals surface area contributed by atoms with Crippen LogP contribution >= 0.6 is 0 Å². The number of benzene rings is 2. The number of nitrogens with one attached hydrogen (secondary N) is 2. The lowest BCUT2D eigenvalue weighted by atomic mass is 10.1. The lowest BCUT2D eigenvalue weighted by Crippen LogP contribution is -2.18. The first-order valence-corrected chi connectivity index (χ1v) is 7.63. The lowest BCUT2D eigenvalue weighted by Gasteiger charge is -2.11. The topological polar surface area (TPSA) is 84.2 Å². The summed E-state index contributed by atoms with van der Waals surface area (Å²) in [4.78, 5) is 23.7. The Morgan fingerprint density at radius 3 is 2.42 bits per heavy atom. The number of hydrogen-bond donors (Lipinski definition) is 3. The monoisotopic (exact) mass is 329 g/mol. The van der Waals surface area contributed by atoms with E-state index in [1.165, 1.54) is 12.1 Å². The molecule has 0 heterocycles. The van der Waals surface area contributed by atoms with Crippen molar-refractivity contribution < 1.29 is 14.0 Å². The zero-order valence-corrected chi connectivity index (χ0v) is 13.4. The van der Waals surface area contributed by atoms with Crippen LogP contribution in [0.4, 0.5) is 15.8 Å². The Hall–Kier alpha value is -2.73. The van der Waals surface area contributed by atoms with Crippen LogP contribution in [0.25, 0.3) is 0 Å². The summed E-state index contributed by atoms with van der Waals surface area (Å²) in [5.41, 5.74) is 8.18. The molecule has 0 unspecified atom stereocenters. The van der Waals surface area contributed by atoms with Gasteiger partial charge in [-0.3, -0.25) is 9.59 Å². The fourth-order valence-corrected chi connectivity index (χ4v) is 2.17. The van der Waals surface area contributed by atoms with Gasteiger partial charge in [0.15, 0.2) is 0 Å². The van der Waals surface area contributed by atoms with E-state index in [9.17, 15) is 14.0 Å². The third-order valence-corrected chi connectivity index (χ3v) is 3.44. The van der Waals surface area contributed by atoms with Gasteiger partial charge >= 0.3 is 0 Å². The second kappa shape index (κ2) is 8.21. The van der Waals surface area contributed by atoms with Crippen LogP contribution in [0.3, 0.4) is 0 Å². The minimum atomic E-state index is -0.337. The van der Waals surface area contributed by atoms with E-state index >= 15 is 0 Å². The fourth-order valence-electron chi connectivity index (χ4n) is 2.17. The quantitative estimate of drug-likeness (QED) is 0.761. The third-order valence-electron chi connectivity index (χ3n) is 3.44. The standard InChI is InChI=1S/C18H20FN3O2/c1-12-2-7-15(11-16(12)22-17(23)8-9-20)21-18(24)10-13-3-5-14(19)6-4-13/h2-7,11H,8-10,20H2,1H3,(H,21,24)(H,22,23). The Bertz CT molecular complexity index is 730. The molecule has 4 N–H and O–H groups in total. The molecule has 0 spiro atoms. The molecule has 0 aromatic heterocycles. The Morgan fingerprint density at radius 1 is 1.04 bits per heavy atom. The summed E-state index contributed by atoms with van der Waals surface area (Å²) in [6.07, 6.45) is 0.379. The highest BCUT2D eigenvalue weighted by Crippen LogP contribution is 2.20. The van der Waals surface area contributed by atoms with Gasteiger partial charge in [-0.15, -0.1) is 0 Å². The van der Waals surface area contributed by atoms with E-state index in [0.717, 1.165) is 11.1 Å². The van der Waals surface area contributed by atoms with Gasteiger partial charge in [0.05, 0.1) is 6.42 Å². The summed E-state index contributed by atoms with van der Waals surface area (Å²) in [6, 6.07) is 11.1.